The highest BCUT2D eigenvalue weighted by Gasteiger charge is 2.29. The Labute approximate surface area is 212 Å². The highest BCUT2D eigenvalue weighted by molar-refractivity contribution is 8.00. The number of H-pyrrole nitrogens is 1. The molecule has 6 heteroatoms. The zero-order valence-corrected chi connectivity index (χ0v) is 20.1. The van der Waals surface area contributed by atoms with E-state index in [-0.39, 0.29) is 5.78 Å². The number of benzene rings is 4. The third kappa shape index (κ3) is 4.12. The van der Waals surface area contributed by atoms with Crippen LogP contribution in [0, 0.1) is 0 Å². The first-order valence-corrected chi connectivity index (χ1v) is 12.6. The molecule has 6 aromatic rings. The number of nitrogens with one attached hydrogen (secondary N) is 1. The Hall–Kier alpha value is -4.42. The third-order valence-electron chi connectivity index (χ3n) is 6.10. The molecule has 0 saturated carbocycles. The molecule has 0 aliphatic heterocycles. The fourth-order valence-electron chi connectivity index (χ4n) is 4.35. The molecule has 0 spiro atoms. The van der Waals surface area contributed by atoms with Crippen molar-refractivity contribution in [2.24, 2.45) is 0 Å². The highest BCUT2D eigenvalue weighted by atomic mass is 32.2. The Bertz CT molecular complexity index is 1630. The van der Waals surface area contributed by atoms with Crippen molar-refractivity contribution < 1.29 is 4.79 Å². The van der Waals surface area contributed by atoms with Crippen molar-refractivity contribution >= 4 is 28.4 Å². The van der Waals surface area contributed by atoms with Gasteiger partial charge in [-0.05, 0) is 23.8 Å². The van der Waals surface area contributed by atoms with Gasteiger partial charge in [-0.3, -0.25) is 9.36 Å². The monoisotopic (exact) mass is 486 g/mol. The molecule has 1 N–H and O–H groups in total. The lowest BCUT2D eigenvalue weighted by atomic mass is 10.0. The Morgan fingerprint density at radius 2 is 1.39 bits per heavy atom. The number of nitrogens with zero attached hydrogens (tertiary/aromatic N) is 3. The first kappa shape index (κ1) is 22.1. The standard InChI is InChI=1S/C30H22N4OS/c35-27(25-20-31-26-19-11-10-18-24(25)26)28(21-12-4-1-5-13-21)36-30-33-32-29(22-14-6-2-7-15-22)34(30)23-16-8-3-9-17-23/h1-20,28,31H. The third-order valence-corrected chi connectivity index (χ3v) is 7.30. The lowest BCUT2D eigenvalue weighted by Crippen LogP contribution is -2.11. The molecule has 0 bridgehead atoms. The van der Waals surface area contributed by atoms with Gasteiger partial charge in [-0.2, -0.15) is 0 Å². The smallest absolute Gasteiger partial charge is 0.197 e. The van der Waals surface area contributed by atoms with Gasteiger partial charge in [0.1, 0.15) is 5.25 Å². The maximum absolute atomic E-state index is 14.1. The van der Waals surface area contributed by atoms with Gasteiger partial charge in [0, 0.05) is 33.9 Å². The Morgan fingerprint density at radius 3 is 2.14 bits per heavy atom. The van der Waals surface area contributed by atoms with Gasteiger partial charge in [0.05, 0.1) is 0 Å². The van der Waals surface area contributed by atoms with E-state index in [1.807, 2.05) is 120 Å². The van der Waals surface area contributed by atoms with Crippen molar-refractivity contribution in [3.05, 3.63) is 133 Å². The van der Waals surface area contributed by atoms with E-state index in [0.717, 1.165) is 33.5 Å². The fraction of sp³-hybridized carbons (Fsp3) is 0.0333. The largest absolute Gasteiger partial charge is 0.360 e. The molecule has 2 aromatic heterocycles. The minimum Gasteiger partial charge on any atom is -0.360 e. The molecule has 1 unspecified atom stereocenters. The summed E-state index contributed by atoms with van der Waals surface area (Å²) in [6.45, 7) is 0. The van der Waals surface area contributed by atoms with Crippen LogP contribution in [0.5, 0.6) is 0 Å². The molecule has 0 radical (unpaired) electrons. The van der Waals surface area contributed by atoms with Crippen molar-refractivity contribution in [2.75, 3.05) is 0 Å². The SMILES string of the molecule is O=C(c1c[nH]c2ccccc12)C(Sc1nnc(-c2ccccc2)n1-c1ccccc1)c1ccccc1. The van der Waals surface area contributed by atoms with Crippen molar-refractivity contribution in [2.45, 2.75) is 10.4 Å². The normalized spacial score (nSPS) is 12.0. The van der Waals surface area contributed by atoms with E-state index in [4.69, 9.17) is 0 Å². The molecule has 36 heavy (non-hydrogen) atoms. The zero-order valence-electron chi connectivity index (χ0n) is 19.3. The van der Waals surface area contributed by atoms with E-state index >= 15 is 0 Å². The minimum atomic E-state index is -0.499. The topological polar surface area (TPSA) is 63.6 Å². The van der Waals surface area contributed by atoms with Crippen LogP contribution in [-0.2, 0) is 0 Å². The van der Waals surface area contributed by atoms with Crippen molar-refractivity contribution in [1.82, 2.24) is 19.7 Å². The molecule has 0 aliphatic rings. The summed E-state index contributed by atoms with van der Waals surface area (Å²) >= 11 is 1.42. The number of hydrogen-bond donors (Lipinski definition) is 1. The number of para-hydroxylation sites is 2. The van der Waals surface area contributed by atoms with Gasteiger partial charge in [-0.1, -0.05) is 109 Å². The number of ketones is 1. The van der Waals surface area contributed by atoms with Crippen molar-refractivity contribution in [1.29, 1.82) is 0 Å². The summed E-state index contributed by atoms with van der Waals surface area (Å²) in [4.78, 5) is 17.3. The van der Waals surface area contributed by atoms with E-state index in [0.29, 0.717) is 10.7 Å². The zero-order chi connectivity index (χ0) is 24.3. The number of Topliss-reactive ketones (excluding diaryl/α,β-unsaturated/α-hetero) is 1. The second-order valence-corrected chi connectivity index (χ2v) is 9.44. The van der Waals surface area contributed by atoms with Gasteiger partial charge >= 0.3 is 0 Å². The number of aromatic nitrogens is 4. The molecule has 0 aliphatic carbocycles. The van der Waals surface area contributed by atoms with Crippen LogP contribution in [0.15, 0.2) is 127 Å². The Morgan fingerprint density at radius 1 is 0.750 bits per heavy atom. The van der Waals surface area contributed by atoms with Crippen molar-refractivity contribution in [3.63, 3.8) is 0 Å². The maximum atomic E-state index is 14.1. The van der Waals surface area contributed by atoms with Crippen LogP contribution < -0.4 is 0 Å². The maximum Gasteiger partial charge on any atom is 0.197 e. The summed E-state index contributed by atoms with van der Waals surface area (Å²) in [5.41, 5.74) is 4.43. The second kappa shape index (κ2) is 9.68. The summed E-state index contributed by atoms with van der Waals surface area (Å²) < 4.78 is 2.03. The molecule has 0 saturated heterocycles. The molecule has 0 amide bonds. The number of hydrogen-bond acceptors (Lipinski definition) is 4. The van der Waals surface area contributed by atoms with Crippen LogP contribution in [0.1, 0.15) is 21.2 Å². The van der Waals surface area contributed by atoms with Crippen LogP contribution in [0.4, 0.5) is 0 Å². The lowest BCUT2D eigenvalue weighted by Gasteiger charge is -2.17. The molecule has 4 aromatic carbocycles. The highest BCUT2D eigenvalue weighted by Crippen LogP contribution is 2.40. The van der Waals surface area contributed by atoms with E-state index < -0.39 is 5.25 Å². The van der Waals surface area contributed by atoms with Crippen molar-refractivity contribution in [3.8, 4) is 17.1 Å². The number of fused-ring (bicyclic) bond motifs is 1. The number of thioether (sulfide) groups is 1. The van der Waals surface area contributed by atoms with Gasteiger partial charge in [0.25, 0.3) is 0 Å². The van der Waals surface area contributed by atoms with Crippen LogP contribution in [-0.4, -0.2) is 25.5 Å². The van der Waals surface area contributed by atoms with E-state index in [1.54, 1.807) is 6.20 Å². The average molecular weight is 487 g/mol. The van der Waals surface area contributed by atoms with Gasteiger partial charge in [0.15, 0.2) is 16.8 Å². The number of carbonyl (C=O) groups excluding carboxylic acids is 1. The van der Waals surface area contributed by atoms with Gasteiger partial charge < -0.3 is 4.98 Å². The van der Waals surface area contributed by atoms with Crippen LogP contribution in [0.2, 0.25) is 0 Å². The number of aromatic amines is 1. The lowest BCUT2D eigenvalue weighted by molar-refractivity contribution is 0.0991. The minimum absolute atomic E-state index is 0.0209. The average Bonchev–Trinajstić information content (AvgIpc) is 3.57. The quantitative estimate of drug-likeness (QED) is 0.193. The van der Waals surface area contributed by atoms with Crippen LogP contribution in [0.25, 0.3) is 28.0 Å². The molecule has 6 rings (SSSR count). The second-order valence-electron chi connectivity index (χ2n) is 8.36. The van der Waals surface area contributed by atoms with Crippen LogP contribution in [0.3, 0.4) is 0 Å². The van der Waals surface area contributed by atoms with Gasteiger partial charge in [-0.15, -0.1) is 10.2 Å². The van der Waals surface area contributed by atoms with Gasteiger partial charge in [-0.25, -0.2) is 0 Å². The predicted octanol–water partition coefficient (Wildman–Crippen LogP) is 7.13. The van der Waals surface area contributed by atoms with Gasteiger partial charge in [0.2, 0.25) is 0 Å². The number of carbonyl (C=O) groups is 1. The summed E-state index contributed by atoms with van der Waals surface area (Å²) in [5, 5.41) is 10.2. The molecule has 2 heterocycles. The van der Waals surface area contributed by atoms with Crippen LogP contribution >= 0.6 is 11.8 Å². The van der Waals surface area contributed by atoms with E-state index in [2.05, 4.69) is 15.2 Å². The summed E-state index contributed by atoms with van der Waals surface area (Å²) in [6, 6.07) is 37.7. The molecule has 0 fully saturated rings. The molecular formula is C30H22N4OS. The molecule has 1 atom stereocenters. The Kier molecular flexibility index (Phi) is 5.93. The first-order valence-electron chi connectivity index (χ1n) is 11.7. The first-order chi connectivity index (χ1) is 17.8. The summed E-state index contributed by atoms with van der Waals surface area (Å²) in [6.07, 6.45) is 1.81. The molecule has 174 valence electrons. The number of rotatable bonds is 7. The molecular weight excluding hydrogens is 464 g/mol. The molecule has 5 nitrogen and oxygen atoms in total. The van der Waals surface area contributed by atoms with E-state index in [1.165, 1.54) is 11.8 Å². The predicted molar refractivity (Wildman–Crippen MR) is 144 cm³/mol. The Balaban J connectivity index is 1.48. The fourth-order valence-corrected chi connectivity index (χ4v) is 5.48. The summed E-state index contributed by atoms with van der Waals surface area (Å²) in [7, 11) is 0. The van der Waals surface area contributed by atoms with E-state index in [9.17, 15) is 4.79 Å². The summed E-state index contributed by atoms with van der Waals surface area (Å²) in [5.74, 6) is 0.753.